The number of amides is 1. The zero-order valence-corrected chi connectivity index (χ0v) is 14.5. The molecular weight excluding hydrogens is 298 g/mol. The highest BCUT2D eigenvalue weighted by Gasteiger charge is 2.21. The minimum Gasteiger partial charge on any atom is -0.344 e. The molecule has 1 N–H and O–H groups in total. The van der Waals surface area contributed by atoms with Crippen molar-refractivity contribution in [2.24, 2.45) is 0 Å². The maximum Gasteiger partial charge on any atom is 0.234 e. The van der Waals surface area contributed by atoms with Crippen LogP contribution in [0.4, 0.5) is 0 Å². The van der Waals surface area contributed by atoms with Crippen molar-refractivity contribution in [3.63, 3.8) is 0 Å². The van der Waals surface area contributed by atoms with E-state index in [1.54, 1.807) is 6.20 Å². The fourth-order valence-corrected chi connectivity index (χ4v) is 3.31. The van der Waals surface area contributed by atoms with E-state index in [0.29, 0.717) is 6.54 Å². The quantitative estimate of drug-likeness (QED) is 0.920. The Bertz CT molecular complexity index is 693. The summed E-state index contributed by atoms with van der Waals surface area (Å²) in [5, 5.41) is 3.22. The highest BCUT2D eigenvalue weighted by Crippen LogP contribution is 2.25. The summed E-state index contributed by atoms with van der Waals surface area (Å²) < 4.78 is 0. The molecule has 4 nitrogen and oxygen atoms in total. The van der Waals surface area contributed by atoms with Gasteiger partial charge in [0, 0.05) is 12.4 Å². The number of hydrogen-bond acceptors (Lipinski definition) is 3. The molecule has 1 saturated heterocycles. The Kier molecular flexibility index (Phi) is 5.26. The van der Waals surface area contributed by atoms with Crippen LogP contribution in [0.25, 0.3) is 0 Å². The molecule has 1 atom stereocenters. The summed E-state index contributed by atoms with van der Waals surface area (Å²) in [6.07, 6.45) is 5.98. The summed E-state index contributed by atoms with van der Waals surface area (Å²) in [6, 6.07) is 10.2. The van der Waals surface area contributed by atoms with Crippen molar-refractivity contribution in [1.29, 1.82) is 0 Å². The van der Waals surface area contributed by atoms with Crippen molar-refractivity contribution < 1.29 is 4.79 Å². The first kappa shape index (κ1) is 16.7. The summed E-state index contributed by atoms with van der Waals surface area (Å²) in [7, 11) is 0. The monoisotopic (exact) mass is 323 g/mol. The molecule has 1 aromatic carbocycles. The molecule has 2 aromatic rings. The van der Waals surface area contributed by atoms with Crippen LogP contribution in [0.3, 0.4) is 0 Å². The third-order valence-corrected chi connectivity index (χ3v) is 4.63. The Morgan fingerprint density at radius 2 is 2.04 bits per heavy atom. The molecule has 0 spiro atoms. The molecule has 1 aliphatic rings. The number of carbonyl (C=O) groups is 1. The van der Waals surface area contributed by atoms with Gasteiger partial charge in [-0.1, -0.05) is 29.8 Å². The molecule has 0 saturated carbocycles. The molecule has 1 aliphatic heterocycles. The number of carbonyl (C=O) groups excluding carboxylic acids is 1. The number of aromatic nitrogens is 1. The Morgan fingerprint density at radius 1 is 1.25 bits per heavy atom. The van der Waals surface area contributed by atoms with E-state index in [1.807, 2.05) is 18.3 Å². The molecule has 0 radical (unpaired) electrons. The molecule has 0 bridgehead atoms. The molecule has 1 aromatic heterocycles. The minimum atomic E-state index is -0.159. The molecule has 24 heavy (non-hydrogen) atoms. The van der Waals surface area contributed by atoms with Crippen LogP contribution in [-0.2, 0) is 4.79 Å². The van der Waals surface area contributed by atoms with E-state index >= 15 is 0 Å². The normalized spacial score (nSPS) is 16.1. The second-order valence-corrected chi connectivity index (χ2v) is 6.63. The average Bonchev–Trinajstić information content (AvgIpc) is 3.09. The van der Waals surface area contributed by atoms with Crippen LogP contribution < -0.4 is 5.32 Å². The van der Waals surface area contributed by atoms with E-state index in [2.05, 4.69) is 47.2 Å². The standard InChI is InChI=1S/C20H25N3O/c1-15-7-8-16(2)18(12-15)20(17-6-5-9-21-13-17)22-19(24)14-23-10-3-4-11-23/h5-9,12-13,20H,3-4,10-11,14H2,1-2H3,(H,22,24)/t20-/m0/s1. The number of rotatable bonds is 5. The maximum atomic E-state index is 12.6. The first-order chi connectivity index (χ1) is 11.6. The molecule has 4 heteroatoms. The molecule has 0 aliphatic carbocycles. The zero-order chi connectivity index (χ0) is 16.9. The van der Waals surface area contributed by atoms with Crippen LogP contribution in [0, 0.1) is 13.8 Å². The molecule has 1 fully saturated rings. The average molecular weight is 323 g/mol. The lowest BCUT2D eigenvalue weighted by molar-refractivity contribution is -0.122. The summed E-state index contributed by atoms with van der Waals surface area (Å²) >= 11 is 0. The summed E-state index contributed by atoms with van der Waals surface area (Å²) in [4.78, 5) is 19.0. The van der Waals surface area contributed by atoms with Crippen molar-refractivity contribution in [2.75, 3.05) is 19.6 Å². The fraction of sp³-hybridized carbons (Fsp3) is 0.400. The van der Waals surface area contributed by atoms with Gasteiger partial charge in [-0.2, -0.15) is 0 Å². The van der Waals surface area contributed by atoms with Gasteiger partial charge >= 0.3 is 0 Å². The smallest absolute Gasteiger partial charge is 0.234 e. The van der Waals surface area contributed by atoms with E-state index in [0.717, 1.165) is 24.2 Å². The molecule has 0 unspecified atom stereocenters. The highest BCUT2D eigenvalue weighted by atomic mass is 16.2. The highest BCUT2D eigenvalue weighted by molar-refractivity contribution is 5.79. The molecule has 1 amide bonds. The van der Waals surface area contributed by atoms with E-state index in [4.69, 9.17) is 0 Å². The first-order valence-corrected chi connectivity index (χ1v) is 8.62. The van der Waals surface area contributed by atoms with E-state index < -0.39 is 0 Å². The SMILES string of the molecule is Cc1ccc(C)c([C@@H](NC(=O)CN2CCCC2)c2cccnc2)c1. The first-order valence-electron chi connectivity index (χ1n) is 8.62. The van der Waals surface area contributed by atoms with Gasteiger partial charge in [0.1, 0.15) is 0 Å². The van der Waals surface area contributed by atoms with E-state index in [9.17, 15) is 4.79 Å². The third-order valence-electron chi connectivity index (χ3n) is 4.63. The lowest BCUT2D eigenvalue weighted by Crippen LogP contribution is -2.38. The number of pyridine rings is 1. The van der Waals surface area contributed by atoms with Gasteiger partial charge in [-0.05, 0) is 62.5 Å². The Morgan fingerprint density at radius 3 is 2.75 bits per heavy atom. The van der Waals surface area contributed by atoms with Crippen LogP contribution in [-0.4, -0.2) is 35.4 Å². The van der Waals surface area contributed by atoms with Crippen LogP contribution in [0.15, 0.2) is 42.7 Å². The van der Waals surface area contributed by atoms with Crippen LogP contribution in [0.5, 0.6) is 0 Å². The fourth-order valence-electron chi connectivity index (χ4n) is 3.31. The van der Waals surface area contributed by atoms with E-state index in [1.165, 1.54) is 24.0 Å². The topological polar surface area (TPSA) is 45.2 Å². The van der Waals surface area contributed by atoms with Gasteiger partial charge in [0.15, 0.2) is 0 Å². The Balaban J connectivity index is 1.85. The molecule has 3 rings (SSSR count). The van der Waals surface area contributed by atoms with Crippen molar-refractivity contribution in [3.05, 3.63) is 65.0 Å². The summed E-state index contributed by atoms with van der Waals surface area (Å²) in [6.45, 7) is 6.69. The minimum absolute atomic E-state index is 0.0756. The van der Waals surface area contributed by atoms with Gasteiger partial charge in [0.25, 0.3) is 0 Å². The number of aryl methyl sites for hydroxylation is 2. The van der Waals surface area contributed by atoms with Gasteiger partial charge < -0.3 is 5.32 Å². The Labute approximate surface area is 143 Å². The second-order valence-electron chi connectivity index (χ2n) is 6.63. The third kappa shape index (κ3) is 4.01. The molecular formula is C20H25N3O. The zero-order valence-electron chi connectivity index (χ0n) is 14.5. The van der Waals surface area contributed by atoms with Crippen LogP contribution >= 0.6 is 0 Å². The predicted molar refractivity (Wildman–Crippen MR) is 95.8 cm³/mol. The van der Waals surface area contributed by atoms with E-state index in [-0.39, 0.29) is 11.9 Å². The van der Waals surface area contributed by atoms with Crippen molar-refractivity contribution in [3.8, 4) is 0 Å². The number of nitrogens with one attached hydrogen (secondary N) is 1. The summed E-state index contributed by atoms with van der Waals surface area (Å²) in [5.41, 5.74) is 4.52. The number of benzene rings is 1. The molecule has 2 heterocycles. The van der Waals surface area contributed by atoms with Crippen LogP contribution in [0.1, 0.15) is 41.1 Å². The van der Waals surface area contributed by atoms with Gasteiger partial charge in [0.05, 0.1) is 12.6 Å². The maximum absolute atomic E-state index is 12.6. The lowest BCUT2D eigenvalue weighted by atomic mass is 9.94. The van der Waals surface area contributed by atoms with Gasteiger partial charge in [0.2, 0.25) is 5.91 Å². The number of hydrogen-bond donors (Lipinski definition) is 1. The number of nitrogens with zero attached hydrogens (tertiary/aromatic N) is 2. The lowest BCUT2D eigenvalue weighted by Gasteiger charge is -2.23. The molecule has 126 valence electrons. The van der Waals surface area contributed by atoms with Crippen molar-refractivity contribution in [1.82, 2.24) is 15.2 Å². The van der Waals surface area contributed by atoms with Crippen molar-refractivity contribution >= 4 is 5.91 Å². The predicted octanol–water partition coefficient (Wildman–Crippen LogP) is 3.00. The van der Waals surface area contributed by atoms with Gasteiger partial charge in [-0.3, -0.25) is 14.7 Å². The Hall–Kier alpha value is -2.20. The van der Waals surface area contributed by atoms with Crippen molar-refractivity contribution in [2.45, 2.75) is 32.7 Å². The summed E-state index contributed by atoms with van der Waals surface area (Å²) in [5.74, 6) is 0.0756. The number of likely N-dealkylation sites (tertiary alicyclic amines) is 1. The van der Waals surface area contributed by atoms with Crippen LogP contribution in [0.2, 0.25) is 0 Å². The van der Waals surface area contributed by atoms with Gasteiger partial charge in [-0.15, -0.1) is 0 Å². The van der Waals surface area contributed by atoms with Gasteiger partial charge in [-0.25, -0.2) is 0 Å². The second kappa shape index (κ2) is 7.58. The largest absolute Gasteiger partial charge is 0.344 e.